The molecular formula is C20H19ClFN3O. The molecule has 6 heteroatoms. The van der Waals surface area contributed by atoms with E-state index < -0.39 is 5.82 Å². The van der Waals surface area contributed by atoms with Crippen molar-refractivity contribution in [3.05, 3.63) is 87.4 Å². The van der Waals surface area contributed by atoms with Crippen molar-refractivity contribution in [3.63, 3.8) is 0 Å². The van der Waals surface area contributed by atoms with Gasteiger partial charge in [-0.15, -0.1) is 0 Å². The quantitative estimate of drug-likeness (QED) is 0.728. The average Bonchev–Trinajstić information content (AvgIpc) is 2.87. The first kappa shape index (κ1) is 18.1. The molecule has 4 nitrogen and oxygen atoms in total. The van der Waals surface area contributed by atoms with Gasteiger partial charge in [-0.2, -0.15) is 5.10 Å². The molecule has 1 amide bonds. The molecule has 0 aliphatic rings. The zero-order chi connectivity index (χ0) is 18.7. The molecule has 3 aromatic rings. The second kappa shape index (κ2) is 7.70. The van der Waals surface area contributed by atoms with Crippen LogP contribution in [0.2, 0.25) is 5.02 Å². The standard InChI is InChI=1S/C20H19ClFN3O/c1-13-18(11-23-20(26)17-9-8-16(22)10-19(17)21)14(2)25(24-13)12-15-6-4-3-5-7-15/h3-10H,11-12H2,1-2H3,(H,23,26). The Bertz CT molecular complexity index is 938. The molecule has 1 aromatic heterocycles. The van der Waals surface area contributed by atoms with E-state index in [4.69, 9.17) is 11.6 Å². The number of aromatic nitrogens is 2. The Morgan fingerprint density at radius 2 is 1.92 bits per heavy atom. The highest BCUT2D eigenvalue weighted by Gasteiger charge is 2.15. The number of hydrogen-bond donors (Lipinski definition) is 1. The van der Waals surface area contributed by atoms with Crippen molar-refractivity contribution in [2.75, 3.05) is 0 Å². The molecule has 134 valence electrons. The van der Waals surface area contributed by atoms with Gasteiger partial charge in [-0.3, -0.25) is 9.48 Å². The van der Waals surface area contributed by atoms with Crippen molar-refractivity contribution in [1.82, 2.24) is 15.1 Å². The highest BCUT2D eigenvalue weighted by molar-refractivity contribution is 6.33. The van der Waals surface area contributed by atoms with Crippen molar-refractivity contribution in [1.29, 1.82) is 0 Å². The van der Waals surface area contributed by atoms with E-state index in [1.54, 1.807) is 0 Å². The lowest BCUT2D eigenvalue weighted by Gasteiger charge is -2.08. The molecule has 0 bridgehead atoms. The van der Waals surface area contributed by atoms with Gasteiger partial charge in [0.2, 0.25) is 0 Å². The summed E-state index contributed by atoms with van der Waals surface area (Å²) < 4.78 is 15.0. The summed E-state index contributed by atoms with van der Waals surface area (Å²) >= 11 is 5.95. The fourth-order valence-corrected chi connectivity index (χ4v) is 3.09. The van der Waals surface area contributed by atoms with Crippen molar-refractivity contribution < 1.29 is 9.18 Å². The number of hydrogen-bond acceptors (Lipinski definition) is 2. The van der Waals surface area contributed by atoms with Crippen LogP contribution in [-0.4, -0.2) is 15.7 Å². The molecule has 0 spiro atoms. The molecule has 0 radical (unpaired) electrons. The zero-order valence-electron chi connectivity index (χ0n) is 14.6. The van der Waals surface area contributed by atoms with E-state index in [1.807, 2.05) is 36.7 Å². The third-order valence-corrected chi connectivity index (χ3v) is 4.62. The third kappa shape index (κ3) is 3.94. The maximum absolute atomic E-state index is 13.1. The van der Waals surface area contributed by atoms with Gasteiger partial charge in [0, 0.05) is 17.8 Å². The van der Waals surface area contributed by atoms with Gasteiger partial charge in [-0.1, -0.05) is 41.9 Å². The fraction of sp³-hybridized carbons (Fsp3) is 0.200. The second-order valence-corrected chi connectivity index (χ2v) is 6.51. The van der Waals surface area contributed by atoms with Crippen LogP contribution < -0.4 is 5.32 Å². The number of carbonyl (C=O) groups excluding carboxylic acids is 1. The van der Waals surface area contributed by atoms with Gasteiger partial charge in [0.25, 0.3) is 5.91 Å². The van der Waals surface area contributed by atoms with E-state index in [1.165, 1.54) is 12.1 Å². The summed E-state index contributed by atoms with van der Waals surface area (Å²) in [6.45, 7) is 4.90. The minimum atomic E-state index is -0.472. The molecule has 1 heterocycles. The summed E-state index contributed by atoms with van der Waals surface area (Å²) in [7, 11) is 0. The van der Waals surface area contributed by atoms with Crippen LogP contribution in [0.15, 0.2) is 48.5 Å². The molecule has 26 heavy (non-hydrogen) atoms. The van der Waals surface area contributed by atoms with Crippen molar-refractivity contribution >= 4 is 17.5 Å². The summed E-state index contributed by atoms with van der Waals surface area (Å²) in [6.07, 6.45) is 0. The minimum Gasteiger partial charge on any atom is -0.348 e. The normalized spacial score (nSPS) is 10.8. The first-order valence-electron chi connectivity index (χ1n) is 8.25. The Kier molecular flexibility index (Phi) is 5.38. The van der Waals surface area contributed by atoms with E-state index in [0.717, 1.165) is 28.6 Å². The Balaban J connectivity index is 1.73. The Morgan fingerprint density at radius 1 is 1.19 bits per heavy atom. The fourth-order valence-electron chi connectivity index (χ4n) is 2.84. The molecule has 0 saturated carbocycles. The van der Waals surface area contributed by atoms with Gasteiger partial charge in [0.05, 0.1) is 22.8 Å². The van der Waals surface area contributed by atoms with Crippen molar-refractivity contribution in [2.45, 2.75) is 26.9 Å². The highest BCUT2D eigenvalue weighted by Crippen LogP contribution is 2.18. The van der Waals surface area contributed by atoms with E-state index in [9.17, 15) is 9.18 Å². The topological polar surface area (TPSA) is 46.9 Å². The van der Waals surface area contributed by atoms with Gasteiger partial charge >= 0.3 is 0 Å². The molecule has 0 fully saturated rings. The van der Waals surface area contributed by atoms with Gasteiger partial charge in [0.1, 0.15) is 5.82 Å². The number of aryl methyl sites for hydroxylation is 1. The monoisotopic (exact) mass is 371 g/mol. The number of nitrogens with one attached hydrogen (secondary N) is 1. The van der Waals surface area contributed by atoms with Crippen molar-refractivity contribution in [3.8, 4) is 0 Å². The first-order chi connectivity index (χ1) is 12.5. The molecule has 0 saturated heterocycles. The molecule has 0 aliphatic carbocycles. The van der Waals surface area contributed by atoms with E-state index in [-0.39, 0.29) is 16.5 Å². The van der Waals surface area contributed by atoms with Gasteiger partial charge in [0.15, 0.2) is 0 Å². The predicted octanol–water partition coefficient (Wildman–Crippen LogP) is 4.27. The zero-order valence-corrected chi connectivity index (χ0v) is 15.3. The lowest BCUT2D eigenvalue weighted by Crippen LogP contribution is -2.23. The Morgan fingerprint density at radius 3 is 2.62 bits per heavy atom. The minimum absolute atomic E-state index is 0.0933. The van der Waals surface area contributed by atoms with E-state index in [0.29, 0.717) is 13.1 Å². The lowest BCUT2D eigenvalue weighted by molar-refractivity contribution is 0.0951. The summed E-state index contributed by atoms with van der Waals surface area (Å²) in [4.78, 5) is 12.3. The van der Waals surface area contributed by atoms with Crippen molar-refractivity contribution in [2.24, 2.45) is 0 Å². The number of nitrogens with zero attached hydrogens (tertiary/aromatic N) is 2. The predicted molar refractivity (Wildman–Crippen MR) is 99.8 cm³/mol. The number of halogens is 2. The van der Waals surface area contributed by atoms with Crippen LogP contribution in [-0.2, 0) is 13.1 Å². The molecule has 2 aromatic carbocycles. The van der Waals surface area contributed by atoms with Crippen LogP contribution in [0.1, 0.15) is 32.9 Å². The molecule has 3 rings (SSSR count). The number of benzene rings is 2. The molecule has 0 unspecified atom stereocenters. The molecule has 0 aliphatic heterocycles. The molecule has 0 atom stereocenters. The molecule has 1 N–H and O–H groups in total. The Labute approximate surface area is 156 Å². The van der Waals surface area contributed by atoms with Crippen LogP contribution in [0.4, 0.5) is 4.39 Å². The summed E-state index contributed by atoms with van der Waals surface area (Å²) in [5.74, 6) is -0.815. The molecular weight excluding hydrogens is 353 g/mol. The van der Waals surface area contributed by atoms with E-state index >= 15 is 0 Å². The third-order valence-electron chi connectivity index (χ3n) is 4.31. The van der Waals surface area contributed by atoms with Crippen LogP contribution in [0.5, 0.6) is 0 Å². The smallest absolute Gasteiger partial charge is 0.253 e. The van der Waals surface area contributed by atoms with Crippen LogP contribution >= 0.6 is 11.6 Å². The SMILES string of the molecule is Cc1nn(Cc2ccccc2)c(C)c1CNC(=O)c1ccc(F)cc1Cl. The van der Waals surface area contributed by atoms with Crippen LogP contribution in [0.3, 0.4) is 0 Å². The number of rotatable bonds is 5. The van der Waals surface area contributed by atoms with Crippen LogP contribution in [0, 0.1) is 19.7 Å². The van der Waals surface area contributed by atoms with Crippen LogP contribution in [0.25, 0.3) is 0 Å². The largest absolute Gasteiger partial charge is 0.348 e. The average molecular weight is 372 g/mol. The summed E-state index contributed by atoms with van der Waals surface area (Å²) in [6, 6.07) is 13.8. The van der Waals surface area contributed by atoms with Gasteiger partial charge in [-0.05, 0) is 37.6 Å². The van der Waals surface area contributed by atoms with Gasteiger partial charge < -0.3 is 5.32 Å². The summed E-state index contributed by atoms with van der Waals surface area (Å²) in [5, 5.41) is 7.50. The maximum Gasteiger partial charge on any atom is 0.253 e. The number of carbonyl (C=O) groups is 1. The van der Waals surface area contributed by atoms with Gasteiger partial charge in [-0.25, -0.2) is 4.39 Å². The lowest BCUT2D eigenvalue weighted by atomic mass is 10.1. The van der Waals surface area contributed by atoms with E-state index in [2.05, 4.69) is 22.5 Å². The summed E-state index contributed by atoms with van der Waals surface area (Å²) in [5.41, 5.74) is 4.24. The maximum atomic E-state index is 13.1. The first-order valence-corrected chi connectivity index (χ1v) is 8.63. The Hall–Kier alpha value is -2.66. The number of amides is 1. The second-order valence-electron chi connectivity index (χ2n) is 6.10. The highest BCUT2D eigenvalue weighted by atomic mass is 35.5.